The number of nitrogens with zero attached hydrogens (tertiary/aromatic N) is 3. The van der Waals surface area contributed by atoms with Gasteiger partial charge in [0.1, 0.15) is 0 Å². The van der Waals surface area contributed by atoms with Crippen molar-refractivity contribution in [3.8, 4) is 11.4 Å². The SMILES string of the molecule is O=C(c1ccccc1)N(CCc1ccccc1)CCc1nc(-c2cccc(Cl)c2)no1. The second-order valence-corrected chi connectivity index (χ2v) is 7.60. The maximum Gasteiger partial charge on any atom is 0.253 e. The van der Waals surface area contributed by atoms with Crippen LogP contribution in [-0.2, 0) is 12.8 Å². The number of rotatable bonds is 8. The Morgan fingerprint density at radius 1 is 0.871 bits per heavy atom. The van der Waals surface area contributed by atoms with Crippen LogP contribution in [0.4, 0.5) is 0 Å². The summed E-state index contributed by atoms with van der Waals surface area (Å²) in [6.07, 6.45) is 1.25. The Bertz CT molecular complexity index is 1130. The van der Waals surface area contributed by atoms with Crippen molar-refractivity contribution in [3.63, 3.8) is 0 Å². The van der Waals surface area contributed by atoms with Crippen molar-refractivity contribution in [2.75, 3.05) is 13.1 Å². The van der Waals surface area contributed by atoms with E-state index < -0.39 is 0 Å². The summed E-state index contributed by atoms with van der Waals surface area (Å²) < 4.78 is 5.42. The topological polar surface area (TPSA) is 59.2 Å². The normalized spacial score (nSPS) is 10.7. The van der Waals surface area contributed by atoms with E-state index in [1.807, 2.05) is 65.6 Å². The summed E-state index contributed by atoms with van der Waals surface area (Å²) in [5.74, 6) is 0.967. The number of hydrogen-bond acceptors (Lipinski definition) is 4. The Morgan fingerprint density at radius 2 is 1.58 bits per heavy atom. The van der Waals surface area contributed by atoms with Crippen molar-refractivity contribution >= 4 is 17.5 Å². The molecule has 0 spiro atoms. The standard InChI is InChI=1S/C25H22ClN3O2/c26-22-13-7-12-21(18-22)24-27-23(31-28-24)15-17-29(16-14-19-8-3-1-4-9-19)25(30)20-10-5-2-6-11-20/h1-13,18H,14-17H2. The van der Waals surface area contributed by atoms with Crippen molar-refractivity contribution in [2.45, 2.75) is 12.8 Å². The number of amides is 1. The molecule has 4 rings (SSSR count). The van der Waals surface area contributed by atoms with Gasteiger partial charge in [0.15, 0.2) is 0 Å². The molecule has 0 bridgehead atoms. The number of carbonyl (C=O) groups excluding carboxylic acids is 1. The van der Waals surface area contributed by atoms with Crippen LogP contribution in [-0.4, -0.2) is 34.0 Å². The minimum atomic E-state index is -0.00823. The van der Waals surface area contributed by atoms with Crippen LogP contribution in [0.25, 0.3) is 11.4 Å². The lowest BCUT2D eigenvalue weighted by Crippen LogP contribution is -2.34. The lowest BCUT2D eigenvalue weighted by atomic mass is 10.1. The second kappa shape index (κ2) is 10.0. The molecule has 31 heavy (non-hydrogen) atoms. The molecule has 6 heteroatoms. The van der Waals surface area contributed by atoms with E-state index in [-0.39, 0.29) is 5.91 Å². The summed E-state index contributed by atoms with van der Waals surface area (Å²) in [5, 5.41) is 4.67. The van der Waals surface area contributed by atoms with Crippen molar-refractivity contribution in [3.05, 3.63) is 107 Å². The fourth-order valence-electron chi connectivity index (χ4n) is 3.32. The van der Waals surface area contributed by atoms with Crippen LogP contribution in [0.3, 0.4) is 0 Å². The van der Waals surface area contributed by atoms with Crippen LogP contribution in [0.1, 0.15) is 21.8 Å². The molecule has 3 aromatic carbocycles. The minimum Gasteiger partial charge on any atom is -0.339 e. The zero-order chi connectivity index (χ0) is 21.5. The smallest absolute Gasteiger partial charge is 0.253 e. The number of hydrogen-bond donors (Lipinski definition) is 0. The third kappa shape index (κ3) is 5.58. The Balaban J connectivity index is 1.46. The highest BCUT2D eigenvalue weighted by atomic mass is 35.5. The monoisotopic (exact) mass is 431 g/mol. The van der Waals surface area contributed by atoms with E-state index in [9.17, 15) is 4.79 Å². The molecule has 4 aromatic rings. The van der Waals surface area contributed by atoms with Crippen LogP contribution < -0.4 is 0 Å². The van der Waals surface area contributed by atoms with Crippen LogP contribution in [0, 0.1) is 0 Å². The van der Waals surface area contributed by atoms with Gasteiger partial charge in [-0.3, -0.25) is 4.79 Å². The Morgan fingerprint density at radius 3 is 2.32 bits per heavy atom. The van der Waals surface area contributed by atoms with Crippen molar-refractivity contribution < 1.29 is 9.32 Å². The highest BCUT2D eigenvalue weighted by Crippen LogP contribution is 2.20. The Kier molecular flexibility index (Phi) is 6.75. The molecule has 0 atom stereocenters. The van der Waals surface area contributed by atoms with Gasteiger partial charge in [0.25, 0.3) is 5.91 Å². The van der Waals surface area contributed by atoms with E-state index in [0.717, 1.165) is 12.0 Å². The molecule has 0 aliphatic rings. The summed E-state index contributed by atoms with van der Waals surface area (Å²) in [6, 6.07) is 26.8. The molecule has 0 fully saturated rings. The van der Waals surface area contributed by atoms with Gasteiger partial charge in [-0.25, -0.2) is 0 Å². The molecule has 5 nitrogen and oxygen atoms in total. The molecular formula is C25H22ClN3O2. The lowest BCUT2D eigenvalue weighted by Gasteiger charge is -2.22. The van der Waals surface area contributed by atoms with E-state index in [1.165, 1.54) is 5.56 Å². The summed E-state index contributed by atoms with van der Waals surface area (Å²) in [6.45, 7) is 1.09. The molecule has 0 aliphatic heterocycles. The second-order valence-electron chi connectivity index (χ2n) is 7.17. The molecule has 0 radical (unpaired) electrons. The van der Waals surface area contributed by atoms with Gasteiger partial charge in [-0.1, -0.05) is 77.4 Å². The fourth-order valence-corrected chi connectivity index (χ4v) is 3.51. The highest BCUT2D eigenvalue weighted by molar-refractivity contribution is 6.30. The van der Waals surface area contributed by atoms with Crippen molar-refractivity contribution in [1.82, 2.24) is 15.0 Å². The first-order chi connectivity index (χ1) is 15.2. The van der Waals surface area contributed by atoms with Gasteiger partial charge in [-0.2, -0.15) is 4.98 Å². The molecule has 1 heterocycles. The van der Waals surface area contributed by atoms with Gasteiger partial charge < -0.3 is 9.42 Å². The zero-order valence-electron chi connectivity index (χ0n) is 16.9. The van der Waals surface area contributed by atoms with E-state index in [2.05, 4.69) is 22.3 Å². The van der Waals surface area contributed by atoms with Gasteiger partial charge in [0, 0.05) is 35.7 Å². The third-order valence-corrected chi connectivity index (χ3v) is 5.20. The summed E-state index contributed by atoms with van der Waals surface area (Å²) in [7, 11) is 0. The van der Waals surface area contributed by atoms with Crippen LogP contribution in [0.5, 0.6) is 0 Å². The molecule has 0 N–H and O–H groups in total. The van der Waals surface area contributed by atoms with Gasteiger partial charge in [-0.15, -0.1) is 0 Å². The maximum atomic E-state index is 13.1. The van der Waals surface area contributed by atoms with Gasteiger partial charge in [0.05, 0.1) is 0 Å². The lowest BCUT2D eigenvalue weighted by molar-refractivity contribution is 0.0756. The number of benzene rings is 3. The molecule has 0 unspecified atom stereocenters. The average molecular weight is 432 g/mol. The molecule has 1 amide bonds. The largest absolute Gasteiger partial charge is 0.339 e. The average Bonchev–Trinajstić information content (AvgIpc) is 3.29. The van der Waals surface area contributed by atoms with E-state index in [0.29, 0.717) is 41.8 Å². The number of aromatic nitrogens is 2. The maximum absolute atomic E-state index is 13.1. The quantitative estimate of drug-likeness (QED) is 0.379. The predicted octanol–water partition coefficient (Wildman–Crippen LogP) is 5.32. The first kappa shape index (κ1) is 20.8. The molecule has 1 aromatic heterocycles. The van der Waals surface area contributed by atoms with E-state index >= 15 is 0 Å². The minimum absolute atomic E-state index is 0.00823. The summed E-state index contributed by atoms with van der Waals surface area (Å²) >= 11 is 6.05. The molecule has 0 saturated heterocycles. The predicted molar refractivity (Wildman–Crippen MR) is 121 cm³/mol. The summed E-state index contributed by atoms with van der Waals surface area (Å²) in [4.78, 5) is 19.4. The fraction of sp³-hybridized carbons (Fsp3) is 0.160. The Labute approximate surface area is 186 Å². The van der Waals surface area contributed by atoms with Crippen LogP contribution in [0.15, 0.2) is 89.5 Å². The number of carbonyl (C=O) groups is 1. The van der Waals surface area contributed by atoms with Gasteiger partial charge in [-0.05, 0) is 36.2 Å². The van der Waals surface area contributed by atoms with Crippen molar-refractivity contribution in [2.24, 2.45) is 0 Å². The van der Waals surface area contributed by atoms with Crippen molar-refractivity contribution in [1.29, 1.82) is 0 Å². The van der Waals surface area contributed by atoms with Crippen LogP contribution >= 0.6 is 11.6 Å². The molecular weight excluding hydrogens is 410 g/mol. The molecule has 0 saturated carbocycles. The van der Waals surface area contributed by atoms with E-state index in [1.54, 1.807) is 12.1 Å². The third-order valence-electron chi connectivity index (χ3n) is 4.97. The number of halogens is 1. The van der Waals surface area contributed by atoms with Gasteiger partial charge in [0.2, 0.25) is 11.7 Å². The highest BCUT2D eigenvalue weighted by Gasteiger charge is 2.17. The first-order valence-corrected chi connectivity index (χ1v) is 10.5. The summed E-state index contributed by atoms with van der Waals surface area (Å²) in [5.41, 5.74) is 2.65. The molecule has 0 aliphatic carbocycles. The molecule has 156 valence electrons. The van der Waals surface area contributed by atoms with Crippen LogP contribution in [0.2, 0.25) is 5.02 Å². The Hall–Kier alpha value is -3.44. The zero-order valence-corrected chi connectivity index (χ0v) is 17.7. The van der Waals surface area contributed by atoms with E-state index in [4.69, 9.17) is 16.1 Å². The first-order valence-electron chi connectivity index (χ1n) is 10.2. The van der Waals surface area contributed by atoms with Gasteiger partial charge >= 0.3 is 0 Å².